The fourth-order valence-electron chi connectivity index (χ4n) is 1.84. The number of nitrogens with zero attached hydrogens (tertiary/aromatic N) is 1. The van der Waals surface area contributed by atoms with Crippen molar-refractivity contribution in [2.75, 3.05) is 12.3 Å². The molecule has 2 N–H and O–H groups in total. The van der Waals surface area contributed by atoms with Gasteiger partial charge in [0.15, 0.2) is 0 Å². The smallest absolute Gasteiger partial charge is 0.261 e. The number of anilines is 1. The first-order valence-electron chi connectivity index (χ1n) is 5.26. The van der Waals surface area contributed by atoms with Crippen molar-refractivity contribution < 1.29 is 9.59 Å². The van der Waals surface area contributed by atoms with Gasteiger partial charge in [0, 0.05) is 12.2 Å². The van der Waals surface area contributed by atoms with Crippen molar-refractivity contribution in [1.29, 1.82) is 0 Å². The van der Waals surface area contributed by atoms with Gasteiger partial charge in [0.05, 0.1) is 11.1 Å². The average molecular weight is 218 g/mol. The molecular weight excluding hydrogens is 204 g/mol. The normalized spacial score (nSPS) is 14.8. The van der Waals surface area contributed by atoms with E-state index in [1.54, 1.807) is 18.2 Å². The van der Waals surface area contributed by atoms with Crippen LogP contribution in [0.15, 0.2) is 18.2 Å². The van der Waals surface area contributed by atoms with Crippen LogP contribution in [-0.4, -0.2) is 23.3 Å². The summed E-state index contributed by atoms with van der Waals surface area (Å²) >= 11 is 0. The third kappa shape index (κ3) is 1.56. The number of benzene rings is 1. The van der Waals surface area contributed by atoms with Gasteiger partial charge in [-0.25, -0.2) is 0 Å². The molecule has 0 unspecified atom stereocenters. The van der Waals surface area contributed by atoms with Gasteiger partial charge in [0.1, 0.15) is 0 Å². The molecule has 4 heteroatoms. The van der Waals surface area contributed by atoms with Crippen molar-refractivity contribution in [3.63, 3.8) is 0 Å². The van der Waals surface area contributed by atoms with Gasteiger partial charge in [-0.15, -0.1) is 0 Å². The van der Waals surface area contributed by atoms with Crippen LogP contribution in [0, 0.1) is 5.92 Å². The second kappa shape index (κ2) is 3.63. The molecule has 84 valence electrons. The van der Waals surface area contributed by atoms with E-state index in [2.05, 4.69) is 0 Å². The molecule has 0 fully saturated rings. The molecule has 1 heterocycles. The van der Waals surface area contributed by atoms with Crippen LogP contribution < -0.4 is 5.73 Å². The maximum atomic E-state index is 11.9. The highest BCUT2D eigenvalue weighted by Gasteiger charge is 2.35. The summed E-state index contributed by atoms with van der Waals surface area (Å²) in [7, 11) is 0. The molecule has 0 bridgehead atoms. The van der Waals surface area contributed by atoms with Gasteiger partial charge < -0.3 is 5.73 Å². The van der Waals surface area contributed by atoms with E-state index in [1.165, 1.54) is 4.90 Å². The molecule has 1 aliphatic heterocycles. The summed E-state index contributed by atoms with van der Waals surface area (Å²) in [6, 6.07) is 4.82. The van der Waals surface area contributed by atoms with Crippen molar-refractivity contribution in [2.24, 2.45) is 5.92 Å². The largest absolute Gasteiger partial charge is 0.399 e. The zero-order valence-electron chi connectivity index (χ0n) is 9.36. The molecule has 16 heavy (non-hydrogen) atoms. The molecule has 0 saturated heterocycles. The van der Waals surface area contributed by atoms with Gasteiger partial charge in [-0.2, -0.15) is 0 Å². The number of hydrogen-bond acceptors (Lipinski definition) is 3. The molecule has 1 aromatic rings. The molecule has 0 saturated carbocycles. The van der Waals surface area contributed by atoms with Crippen LogP contribution in [0.4, 0.5) is 5.69 Å². The Kier molecular flexibility index (Phi) is 2.42. The van der Waals surface area contributed by atoms with E-state index in [0.29, 0.717) is 23.4 Å². The molecule has 0 aliphatic carbocycles. The Labute approximate surface area is 94.0 Å². The Morgan fingerprint density at radius 1 is 1.19 bits per heavy atom. The Morgan fingerprint density at radius 3 is 2.44 bits per heavy atom. The Bertz CT molecular complexity index is 466. The Hall–Kier alpha value is -1.84. The van der Waals surface area contributed by atoms with E-state index < -0.39 is 0 Å². The maximum Gasteiger partial charge on any atom is 0.261 e. The summed E-state index contributed by atoms with van der Waals surface area (Å²) in [6.07, 6.45) is 0. The van der Waals surface area contributed by atoms with Crippen LogP contribution >= 0.6 is 0 Å². The third-order valence-electron chi connectivity index (χ3n) is 2.54. The SMILES string of the molecule is CC(C)CN1C(=O)c2ccc(N)cc2C1=O. The summed E-state index contributed by atoms with van der Waals surface area (Å²) in [5.41, 5.74) is 6.99. The van der Waals surface area contributed by atoms with E-state index in [0.717, 1.165) is 0 Å². The monoisotopic (exact) mass is 218 g/mol. The predicted octanol–water partition coefficient (Wildman–Crippen LogP) is 1.52. The minimum absolute atomic E-state index is 0.214. The molecule has 4 nitrogen and oxygen atoms in total. The predicted molar refractivity (Wildman–Crippen MR) is 61.1 cm³/mol. The van der Waals surface area contributed by atoms with Gasteiger partial charge >= 0.3 is 0 Å². The minimum Gasteiger partial charge on any atom is -0.399 e. The first-order valence-corrected chi connectivity index (χ1v) is 5.26. The average Bonchev–Trinajstić information content (AvgIpc) is 2.43. The number of carbonyl (C=O) groups is 2. The standard InChI is InChI=1S/C12H14N2O2/c1-7(2)6-14-11(15)9-4-3-8(13)5-10(9)12(14)16/h3-5,7H,6,13H2,1-2H3. The summed E-state index contributed by atoms with van der Waals surface area (Å²) in [6.45, 7) is 4.39. The summed E-state index contributed by atoms with van der Waals surface area (Å²) in [5, 5.41) is 0. The highest BCUT2D eigenvalue weighted by atomic mass is 16.2. The number of fused-ring (bicyclic) bond motifs is 1. The van der Waals surface area contributed by atoms with Gasteiger partial charge in [-0.1, -0.05) is 13.8 Å². The van der Waals surface area contributed by atoms with Crippen molar-refractivity contribution in [3.8, 4) is 0 Å². The molecule has 0 spiro atoms. The van der Waals surface area contributed by atoms with Crippen molar-refractivity contribution in [3.05, 3.63) is 29.3 Å². The molecule has 2 amide bonds. The highest BCUT2D eigenvalue weighted by Crippen LogP contribution is 2.25. The lowest BCUT2D eigenvalue weighted by atomic mass is 10.1. The van der Waals surface area contributed by atoms with E-state index in [4.69, 9.17) is 5.73 Å². The summed E-state index contributed by atoms with van der Waals surface area (Å²) in [4.78, 5) is 25.1. The number of carbonyl (C=O) groups excluding carboxylic acids is 2. The fraction of sp³-hybridized carbons (Fsp3) is 0.333. The second-order valence-electron chi connectivity index (χ2n) is 4.42. The zero-order valence-corrected chi connectivity index (χ0v) is 9.36. The van der Waals surface area contributed by atoms with Gasteiger partial charge in [-0.05, 0) is 24.1 Å². The molecule has 2 rings (SSSR count). The van der Waals surface area contributed by atoms with Gasteiger partial charge in [0.25, 0.3) is 11.8 Å². The summed E-state index contributed by atoms with van der Waals surface area (Å²) in [5.74, 6) is -0.186. The van der Waals surface area contributed by atoms with E-state index in [9.17, 15) is 9.59 Å². The number of hydrogen-bond donors (Lipinski definition) is 1. The van der Waals surface area contributed by atoms with Gasteiger partial charge in [0.2, 0.25) is 0 Å². The number of nitrogens with two attached hydrogens (primary N) is 1. The number of nitrogen functional groups attached to an aromatic ring is 1. The van der Waals surface area contributed by atoms with Crippen molar-refractivity contribution in [1.82, 2.24) is 4.90 Å². The molecule has 1 aliphatic rings. The first-order chi connectivity index (χ1) is 7.50. The fourth-order valence-corrected chi connectivity index (χ4v) is 1.84. The Balaban J connectivity index is 2.40. The molecule has 0 radical (unpaired) electrons. The molecule has 0 aromatic heterocycles. The quantitative estimate of drug-likeness (QED) is 0.604. The first kappa shape index (κ1) is 10.7. The molecular formula is C12H14N2O2. The zero-order chi connectivity index (χ0) is 11.9. The number of rotatable bonds is 2. The lowest BCUT2D eigenvalue weighted by Crippen LogP contribution is -2.33. The Morgan fingerprint density at radius 2 is 1.81 bits per heavy atom. The minimum atomic E-state index is -0.235. The topological polar surface area (TPSA) is 63.4 Å². The number of imide groups is 1. The van der Waals surface area contributed by atoms with Crippen molar-refractivity contribution >= 4 is 17.5 Å². The van der Waals surface area contributed by atoms with Crippen LogP contribution in [0.3, 0.4) is 0 Å². The van der Waals surface area contributed by atoms with Crippen LogP contribution in [0.25, 0.3) is 0 Å². The summed E-state index contributed by atoms with van der Waals surface area (Å²) < 4.78 is 0. The van der Waals surface area contributed by atoms with Gasteiger partial charge in [-0.3, -0.25) is 14.5 Å². The molecule has 1 aromatic carbocycles. The van der Waals surface area contributed by atoms with E-state index >= 15 is 0 Å². The van der Waals surface area contributed by atoms with Crippen molar-refractivity contribution in [2.45, 2.75) is 13.8 Å². The molecule has 0 atom stereocenters. The van der Waals surface area contributed by atoms with Crippen LogP contribution in [0.1, 0.15) is 34.6 Å². The lowest BCUT2D eigenvalue weighted by molar-refractivity contribution is 0.0636. The second-order valence-corrected chi connectivity index (χ2v) is 4.42. The van der Waals surface area contributed by atoms with Crippen LogP contribution in [0.2, 0.25) is 0 Å². The van der Waals surface area contributed by atoms with Crippen LogP contribution in [-0.2, 0) is 0 Å². The maximum absolute atomic E-state index is 11.9. The van der Waals surface area contributed by atoms with E-state index in [1.807, 2.05) is 13.8 Å². The lowest BCUT2D eigenvalue weighted by Gasteiger charge is -2.15. The number of amides is 2. The highest BCUT2D eigenvalue weighted by molar-refractivity contribution is 6.21. The van der Waals surface area contributed by atoms with E-state index in [-0.39, 0.29) is 17.7 Å². The third-order valence-corrected chi connectivity index (χ3v) is 2.54. The van der Waals surface area contributed by atoms with Crippen LogP contribution in [0.5, 0.6) is 0 Å².